The van der Waals surface area contributed by atoms with Gasteiger partial charge in [0.2, 0.25) is 0 Å². The second-order valence-corrected chi connectivity index (χ2v) is 6.30. The van der Waals surface area contributed by atoms with Gasteiger partial charge in [-0.15, -0.1) is 0 Å². The SMILES string of the molecule is O=C(O)CN1C(=O)S/C(=C\c2ccc(-c3ccc(Cl)cc3)o2)C1=O. The number of imide groups is 1. The fraction of sp³-hybridized carbons (Fsp3) is 0.0625. The molecule has 0 saturated carbocycles. The fourth-order valence-electron chi connectivity index (χ4n) is 2.10. The van der Waals surface area contributed by atoms with Crippen molar-refractivity contribution in [1.82, 2.24) is 4.90 Å². The lowest BCUT2D eigenvalue weighted by atomic mass is 10.2. The van der Waals surface area contributed by atoms with Gasteiger partial charge in [-0.2, -0.15) is 0 Å². The number of carboxylic acid groups (broad SMARTS) is 1. The first-order valence-electron chi connectivity index (χ1n) is 6.77. The fourth-order valence-corrected chi connectivity index (χ4v) is 3.04. The molecule has 2 heterocycles. The molecule has 1 aromatic heterocycles. The molecule has 2 amide bonds. The second-order valence-electron chi connectivity index (χ2n) is 4.87. The van der Waals surface area contributed by atoms with Crippen LogP contribution >= 0.6 is 23.4 Å². The molecule has 0 radical (unpaired) electrons. The molecule has 1 aliphatic rings. The minimum absolute atomic E-state index is 0.123. The number of amides is 2. The van der Waals surface area contributed by atoms with Crippen molar-refractivity contribution in [3.63, 3.8) is 0 Å². The van der Waals surface area contributed by atoms with Gasteiger partial charge in [-0.25, -0.2) is 0 Å². The number of thioether (sulfide) groups is 1. The molecular weight excluding hydrogens is 354 g/mol. The molecule has 0 unspecified atom stereocenters. The van der Waals surface area contributed by atoms with E-state index in [2.05, 4.69) is 0 Å². The first kappa shape index (κ1) is 16.4. The topological polar surface area (TPSA) is 87.8 Å². The summed E-state index contributed by atoms with van der Waals surface area (Å²) < 4.78 is 5.64. The minimum Gasteiger partial charge on any atom is -0.480 e. The molecule has 3 rings (SSSR count). The Morgan fingerprint density at radius 3 is 2.58 bits per heavy atom. The third-order valence-corrected chi connectivity index (χ3v) is 4.36. The average molecular weight is 364 g/mol. The van der Waals surface area contributed by atoms with Crippen LogP contribution in [0.1, 0.15) is 5.76 Å². The highest BCUT2D eigenvalue weighted by molar-refractivity contribution is 8.18. The standard InChI is InChI=1S/C16H10ClNO5S/c17-10-3-1-9(2-4-10)12-6-5-11(23-12)7-13-15(21)18(8-14(19)20)16(22)24-13/h1-7H,8H2,(H,19,20)/b13-7-. The van der Waals surface area contributed by atoms with Crippen LogP contribution in [0, 0.1) is 0 Å². The van der Waals surface area contributed by atoms with Gasteiger partial charge in [-0.05, 0) is 48.2 Å². The molecule has 8 heteroatoms. The van der Waals surface area contributed by atoms with E-state index in [4.69, 9.17) is 21.1 Å². The predicted octanol–water partition coefficient (Wildman–Crippen LogP) is 3.72. The Kier molecular flexibility index (Phi) is 4.46. The molecule has 1 fully saturated rings. The number of hydrogen-bond acceptors (Lipinski definition) is 5. The number of carboxylic acids is 1. The average Bonchev–Trinajstić information content (AvgIpc) is 3.09. The van der Waals surface area contributed by atoms with Gasteiger partial charge in [0, 0.05) is 16.7 Å². The van der Waals surface area contributed by atoms with Crippen molar-refractivity contribution in [2.24, 2.45) is 0 Å². The van der Waals surface area contributed by atoms with Crippen molar-refractivity contribution in [3.05, 3.63) is 52.1 Å². The minimum atomic E-state index is -1.25. The van der Waals surface area contributed by atoms with Crippen molar-refractivity contribution in [1.29, 1.82) is 0 Å². The first-order chi connectivity index (χ1) is 11.4. The summed E-state index contributed by atoms with van der Waals surface area (Å²) in [6, 6.07) is 10.5. The van der Waals surface area contributed by atoms with Crippen molar-refractivity contribution >= 4 is 46.6 Å². The van der Waals surface area contributed by atoms with Crippen LogP contribution in [0.25, 0.3) is 17.4 Å². The zero-order chi connectivity index (χ0) is 17.3. The van der Waals surface area contributed by atoms with Crippen LogP contribution in [0.3, 0.4) is 0 Å². The number of benzene rings is 1. The van der Waals surface area contributed by atoms with Crippen molar-refractivity contribution in [2.45, 2.75) is 0 Å². The number of halogens is 1. The molecule has 1 aliphatic heterocycles. The van der Waals surface area contributed by atoms with Gasteiger partial charge in [-0.3, -0.25) is 19.3 Å². The highest BCUT2D eigenvalue weighted by Gasteiger charge is 2.36. The van der Waals surface area contributed by atoms with E-state index in [1.54, 1.807) is 36.4 Å². The Bertz CT molecular complexity index is 856. The van der Waals surface area contributed by atoms with Crippen LogP contribution < -0.4 is 0 Å². The molecule has 2 aromatic rings. The number of rotatable bonds is 4. The molecule has 1 saturated heterocycles. The summed E-state index contributed by atoms with van der Waals surface area (Å²) in [5.41, 5.74) is 0.818. The predicted molar refractivity (Wildman–Crippen MR) is 89.5 cm³/mol. The maximum Gasteiger partial charge on any atom is 0.323 e. The summed E-state index contributed by atoms with van der Waals surface area (Å²) in [7, 11) is 0. The molecule has 0 atom stereocenters. The lowest BCUT2D eigenvalue weighted by Crippen LogP contribution is -2.33. The lowest BCUT2D eigenvalue weighted by molar-refractivity contribution is -0.140. The van der Waals surface area contributed by atoms with Gasteiger partial charge in [-0.1, -0.05) is 11.6 Å². The van der Waals surface area contributed by atoms with Gasteiger partial charge in [0.1, 0.15) is 18.1 Å². The molecule has 0 spiro atoms. The van der Waals surface area contributed by atoms with E-state index in [0.29, 0.717) is 33.2 Å². The van der Waals surface area contributed by atoms with E-state index in [1.807, 2.05) is 0 Å². The molecule has 1 aromatic carbocycles. The van der Waals surface area contributed by atoms with E-state index in [1.165, 1.54) is 6.08 Å². The number of furan rings is 1. The summed E-state index contributed by atoms with van der Waals surface area (Å²) in [5, 5.41) is 8.73. The zero-order valence-electron chi connectivity index (χ0n) is 12.1. The monoisotopic (exact) mass is 363 g/mol. The highest BCUT2D eigenvalue weighted by atomic mass is 35.5. The Hall–Kier alpha value is -2.51. The quantitative estimate of drug-likeness (QED) is 0.833. The summed E-state index contributed by atoms with van der Waals surface area (Å²) in [6.07, 6.45) is 1.42. The molecule has 24 heavy (non-hydrogen) atoms. The normalized spacial score (nSPS) is 16.2. The van der Waals surface area contributed by atoms with Gasteiger partial charge in [0.25, 0.3) is 11.1 Å². The number of carbonyl (C=O) groups excluding carboxylic acids is 2. The zero-order valence-corrected chi connectivity index (χ0v) is 13.6. The Balaban J connectivity index is 1.82. The van der Waals surface area contributed by atoms with Crippen molar-refractivity contribution < 1.29 is 23.9 Å². The molecule has 6 nitrogen and oxygen atoms in total. The molecule has 0 bridgehead atoms. The molecule has 1 N–H and O–H groups in total. The van der Waals surface area contributed by atoms with Crippen LogP contribution in [-0.2, 0) is 9.59 Å². The summed E-state index contributed by atoms with van der Waals surface area (Å²) in [5.74, 6) is -0.915. The van der Waals surface area contributed by atoms with Crippen LogP contribution in [0.15, 0.2) is 45.7 Å². The summed E-state index contributed by atoms with van der Waals surface area (Å²) >= 11 is 6.52. The van der Waals surface area contributed by atoms with Gasteiger partial charge in [0.15, 0.2) is 0 Å². The Labute approximate surface area is 145 Å². The maximum atomic E-state index is 12.1. The van der Waals surface area contributed by atoms with Gasteiger partial charge in [0.05, 0.1) is 4.91 Å². The van der Waals surface area contributed by atoms with Crippen LogP contribution in [0.4, 0.5) is 4.79 Å². The lowest BCUT2D eigenvalue weighted by Gasteiger charge is -2.07. The maximum absolute atomic E-state index is 12.1. The highest BCUT2D eigenvalue weighted by Crippen LogP contribution is 2.33. The van der Waals surface area contributed by atoms with E-state index in [-0.39, 0.29) is 4.91 Å². The van der Waals surface area contributed by atoms with Crippen molar-refractivity contribution in [2.75, 3.05) is 6.54 Å². The van der Waals surface area contributed by atoms with Crippen LogP contribution in [-0.4, -0.2) is 33.7 Å². The molecule has 0 aliphatic carbocycles. The Morgan fingerprint density at radius 2 is 1.92 bits per heavy atom. The largest absolute Gasteiger partial charge is 0.480 e. The van der Waals surface area contributed by atoms with Crippen LogP contribution in [0.2, 0.25) is 5.02 Å². The first-order valence-corrected chi connectivity index (χ1v) is 7.96. The second kappa shape index (κ2) is 6.54. The van der Waals surface area contributed by atoms with E-state index >= 15 is 0 Å². The van der Waals surface area contributed by atoms with E-state index in [0.717, 1.165) is 5.56 Å². The number of carbonyl (C=O) groups is 3. The number of hydrogen-bond donors (Lipinski definition) is 1. The van der Waals surface area contributed by atoms with E-state index < -0.39 is 23.7 Å². The Morgan fingerprint density at radius 1 is 1.21 bits per heavy atom. The van der Waals surface area contributed by atoms with Crippen molar-refractivity contribution in [3.8, 4) is 11.3 Å². The van der Waals surface area contributed by atoms with Gasteiger partial charge < -0.3 is 9.52 Å². The summed E-state index contributed by atoms with van der Waals surface area (Å²) in [4.78, 5) is 35.3. The van der Waals surface area contributed by atoms with Gasteiger partial charge >= 0.3 is 5.97 Å². The van der Waals surface area contributed by atoms with E-state index in [9.17, 15) is 14.4 Å². The molecule has 122 valence electrons. The third kappa shape index (κ3) is 3.37. The third-order valence-electron chi connectivity index (χ3n) is 3.20. The molecular formula is C16H10ClNO5S. The summed E-state index contributed by atoms with van der Waals surface area (Å²) in [6.45, 7) is -0.657. The van der Waals surface area contributed by atoms with Crippen LogP contribution in [0.5, 0.6) is 0 Å². The number of aliphatic carboxylic acids is 1. The smallest absolute Gasteiger partial charge is 0.323 e. The number of nitrogens with zero attached hydrogens (tertiary/aromatic N) is 1.